The molecule has 3 heterocycles. The molecule has 11 rings (SSSR count). The fourth-order valence-corrected chi connectivity index (χ4v) is 9.91. The standard InChI is InChI=1S/C48H32BN3S/c1-5-16-33(17-6-1)50(34-18-7-2-8-19-34)37-28-29-38-39-30-31-41-47(48(39)53-45(38)32-37)52(36-22-11-4-12-23-36)44-27-15-26-43-46(44)49(41)40-24-13-14-25-42(40)51(43)35-20-9-3-10-21-35/h1-32H. The third-order valence-corrected chi connectivity index (χ3v) is 12.0. The minimum absolute atomic E-state index is 0.0872. The second-order valence-electron chi connectivity index (χ2n) is 13.7. The number of nitrogens with zero attached hydrogens (tertiary/aromatic N) is 3. The van der Waals surface area contributed by atoms with Gasteiger partial charge in [-0.1, -0.05) is 115 Å². The van der Waals surface area contributed by atoms with Crippen molar-refractivity contribution < 1.29 is 0 Å². The van der Waals surface area contributed by atoms with Crippen molar-refractivity contribution >= 4 is 106 Å². The van der Waals surface area contributed by atoms with Crippen molar-refractivity contribution in [3.63, 3.8) is 0 Å². The van der Waals surface area contributed by atoms with Gasteiger partial charge in [-0.3, -0.25) is 0 Å². The van der Waals surface area contributed by atoms with E-state index in [9.17, 15) is 0 Å². The van der Waals surface area contributed by atoms with E-state index in [1.165, 1.54) is 65.0 Å². The molecule has 1 aromatic heterocycles. The van der Waals surface area contributed by atoms with Crippen LogP contribution in [0.15, 0.2) is 194 Å². The molecule has 0 amide bonds. The number of benzene rings is 8. The molecule has 5 heteroatoms. The molecule has 0 saturated heterocycles. The van der Waals surface area contributed by atoms with Gasteiger partial charge in [0.15, 0.2) is 0 Å². The summed E-state index contributed by atoms with van der Waals surface area (Å²) in [7, 11) is 0. The summed E-state index contributed by atoms with van der Waals surface area (Å²) < 4.78 is 2.58. The Morgan fingerprint density at radius 3 is 1.64 bits per heavy atom. The zero-order valence-corrected chi connectivity index (χ0v) is 29.6. The molecule has 2 aliphatic rings. The second kappa shape index (κ2) is 12.0. The quantitative estimate of drug-likeness (QED) is 0.166. The van der Waals surface area contributed by atoms with Crippen LogP contribution < -0.4 is 31.1 Å². The Kier molecular flexibility index (Phi) is 6.82. The van der Waals surface area contributed by atoms with E-state index >= 15 is 0 Å². The third kappa shape index (κ3) is 4.61. The molecule has 9 aromatic rings. The minimum atomic E-state index is 0.0872. The van der Waals surface area contributed by atoms with Crippen LogP contribution in [0.3, 0.4) is 0 Å². The van der Waals surface area contributed by atoms with Crippen LogP contribution in [-0.2, 0) is 0 Å². The molecule has 0 bridgehead atoms. The number of hydrogen-bond acceptors (Lipinski definition) is 4. The smallest absolute Gasteiger partial charge is 0.252 e. The fraction of sp³-hybridized carbons (Fsp3) is 0. The summed E-state index contributed by atoms with van der Waals surface area (Å²) in [6, 6.07) is 70.6. The Hall–Kier alpha value is -6.56. The fourth-order valence-electron chi connectivity index (χ4n) is 8.63. The van der Waals surface area contributed by atoms with Gasteiger partial charge < -0.3 is 14.7 Å². The molecule has 53 heavy (non-hydrogen) atoms. The monoisotopic (exact) mass is 693 g/mol. The number of rotatable bonds is 5. The summed E-state index contributed by atoms with van der Waals surface area (Å²) in [5, 5.41) is 2.57. The topological polar surface area (TPSA) is 9.72 Å². The van der Waals surface area contributed by atoms with E-state index < -0.39 is 0 Å². The maximum Gasteiger partial charge on any atom is 0.252 e. The number of thiophene rings is 1. The van der Waals surface area contributed by atoms with Crippen LogP contribution in [0.1, 0.15) is 0 Å². The molecule has 0 saturated carbocycles. The van der Waals surface area contributed by atoms with Gasteiger partial charge in [0.05, 0.1) is 10.4 Å². The van der Waals surface area contributed by atoms with Gasteiger partial charge in [-0.05, 0) is 95.3 Å². The van der Waals surface area contributed by atoms with Gasteiger partial charge in [-0.15, -0.1) is 11.3 Å². The van der Waals surface area contributed by atoms with Crippen LogP contribution >= 0.6 is 11.3 Å². The zero-order valence-electron chi connectivity index (χ0n) is 28.8. The van der Waals surface area contributed by atoms with Crippen molar-refractivity contribution in [1.29, 1.82) is 0 Å². The van der Waals surface area contributed by atoms with Crippen molar-refractivity contribution in [2.24, 2.45) is 0 Å². The molecule has 2 aliphatic heterocycles. The van der Waals surface area contributed by atoms with Gasteiger partial charge in [-0.2, -0.15) is 0 Å². The lowest BCUT2D eigenvalue weighted by molar-refractivity contribution is 1.26. The van der Waals surface area contributed by atoms with E-state index in [0.29, 0.717) is 0 Å². The summed E-state index contributed by atoms with van der Waals surface area (Å²) in [4.78, 5) is 7.33. The lowest BCUT2D eigenvalue weighted by atomic mass is 9.33. The summed E-state index contributed by atoms with van der Waals surface area (Å²) >= 11 is 1.91. The summed E-state index contributed by atoms with van der Waals surface area (Å²) in [6.07, 6.45) is 0. The lowest BCUT2D eigenvalue weighted by Crippen LogP contribution is -2.61. The van der Waals surface area contributed by atoms with E-state index in [-0.39, 0.29) is 6.71 Å². The molecular weight excluding hydrogens is 661 g/mol. The third-order valence-electron chi connectivity index (χ3n) is 10.8. The molecule has 8 aromatic carbocycles. The first kappa shape index (κ1) is 30.1. The number of fused-ring (bicyclic) bond motifs is 8. The van der Waals surface area contributed by atoms with Crippen molar-refractivity contribution in [2.45, 2.75) is 0 Å². The van der Waals surface area contributed by atoms with Crippen LogP contribution in [-0.4, -0.2) is 6.71 Å². The number of anilines is 9. The molecule has 0 fully saturated rings. The molecule has 0 N–H and O–H groups in total. The largest absolute Gasteiger partial charge is 0.311 e. The molecule has 0 unspecified atom stereocenters. The molecule has 248 valence electrons. The van der Waals surface area contributed by atoms with E-state index in [1.807, 2.05) is 11.3 Å². The molecule has 3 nitrogen and oxygen atoms in total. The van der Waals surface area contributed by atoms with Crippen molar-refractivity contribution in [3.8, 4) is 0 Å². The average molecular weight is 694 g/mol. The highest BCUT2D eigenvalue weighted by molar-refractivity contribution is 7.26. The molecule has 0 spiro atoms. The Labute approximate surface area is 313 Å². The van der Waals surface area contributed by atoms with Crippen LogP contribution in [0.25, 0.3) is 20.2 Å². The zero-order chi connectivity index (χ0) is 34.9. The molecular formula is C48H32BN3S. The van der Waals surface area contributed by atoms with Crippen LogP contribution in [0.4, 0.5) is 51.2 Å². The van der Waals surface area contributed by atoms with Crippen LogP contribution in [0.2, 0.25) is 0 Å². The molecule has 0 radical (unpaired) electrons. The Balaban J connectivity index is 1.17. The van der Waals surface area contributed by atoms with Crippen LogP contribution in [0.5, 0.6) is 0 Å². The summed E-state index contributed by atoms with van der Waals surface area (Å²) in [6.45, 7) is 0.0872. The van der Waals surface area contributed by atoms with Gasteiger partial charge >= 0.3 is 0 Å². The van der Waals surface area contributed by atoms with Crippen molar-refractivity contribution in [3.05, 3.63) is 194 Å². The van der Waals surface area contributed by atoms with Gasteiger partial charge in [0.25, 0.3) is 6.71 Å². The van der Waals surface area contributed by atoms with Crippen molar-refractivity contribution in [2.75, 3.05) is 14.7 Å². The first-order valence-electron chi connectivity index (χ1n) is 18.1. The first-order chi connectivity index (χ1) is 26.3. The maximum atomic E-state index is 2.53. The van der Waals surface area contributed by atoms with Gasteiger partial charge in [0, 0.05) is 61.0 Å². The highest BCUT2D eigenvalue weighted by atomic mass is 32.1. The summed E-state index contributed by atoms with van der Waals surface area (Å²) in [5.41, 5.74) is 14.7. The Morgan fingerprint density at radius 2 is 0.962 bits per heavy atom. The highest BCUT2D eigenvalue weighted by Crippen LogP contribution is 2.49. The van der Waals surface area contributed by atoms with Gasteiger partial charge in [0.2, 0.25) is 0 Å². The normalized spacial score (nSPS) is 12.8. The minimum Gasteiger partial charge on any atom is -0.311 e. The van der Waals surface area contributed by atoms with E-state index in [2.05, 4.69) is 209 Å². The molecule has 0 atom stereocenters. The van der Waals surface area contributed by atoms with Gasteiger partial charge in [0.1, 0.15) is 0 Å². The SMILES string of the molecule is c1ccc(N(c2ccccc2)c2ccc3c(c2)sc2c4c(ccc23)B2c3ccccc3N(c3ccccc3)c3cccc(c32)N4c2ccccc2)cc1. The summed E-state index contributed by atoms with van der Waals surface area (Å²) in [5.74, 6) is 0. The highest BCUT2D eigenvalue weighted by Gasteiger charge is 2.43. The number of para-hydroxylation sites is 5. The first-order valence-corrected chi connectivity index (χ1v) is 19.0. The van der Waals surface area contributed by atoms with Gasteiger partial charge in [-0.25, -0.2) is 0 Å². The predicted molar refractivity (Wildman–Crippen MR) is 228 cm³/mol. The van der Waals surface area contributed by atoms with E-state index in [1.54, 1.807) is 0 Å². The Bertz CT molecular complexity index is 2760. The van der Waals surface area contributed by atoms with E-state index in [0.717, 1.165) is 22.7 Å². The average Bonchev–Trinajstić information content (AvgIpc) is 3.61. The lowest BCUT2D eigenvalue weighted by Gasteiger charge is -2.44. The second-order valence-corrected chi connectivity index (χ2v) is 14.8. The van der Waals surface area contributed by atoms with Crippen molar-refractivity contribution in [1.82, 2.24) is 0 Å². The van der Waals surface area contributed by atoms with E-state index in [4.69, 9.17) is 0 Å². The molecule has 0 aliphatic carbocycles. The Morgan fingerprint density at radius 1 is 0.415 bits per heavy atom. The predicted octanol–water partition coefficient (Wildman–Crippen LogP) is 11.6. The number of hydrogen-bond donors (Lipinski definition) is 0. The van der Waals surface area contributed by atoms with Crippen LogP contribution in [0, 0.1) is 0 Å². The maximum absolute atomic E-state index is 2.53.